The molecule has 134 valence electrons. The van der Waals surface area contributed by atoms with Gasteiger partial charge in [0.05, 0.1) is 18.2 Å². The predicted molar refractivity (Wildman–Crippen MR) is 92.3 cm³/mol. The van der Waals surface area contributed by atoms with Gasteiger partial charge in [0.25, 0.3) is 0 Å². The Labute approximate surface area is 144 Å². The van der Waals surface area contributed by atoms with Gasteiger partial charge in [-0.2, -0.15) is 5.10 Å². The molecule has 3 N–H and O–H groups in total. The third-order valence-corrected chi connectivity index (χ3v) is 5.46. The van der Waals surface area contributed by atoms with Crippen LogP contribution in [0.15, 0.2) is 6.20 Å². The molecule has 1 aromatic heterocycles. The van der Waals surface area contributed by atoms with Crippen LogP contribution in [0.4, 0.5) is 0 Å². The number of aromatic amines is 1. The van der Waals surface area contributed by atoms with E-state index in [0.717, 1.165) is 38.9 Å². The Kier molecular flexibility index (Phi) is 4.97. The van der Waals surface area contributed by atoms with Crippen molar-refractivity contribution in [3.05, 3.63) is 17.5 Å². The number of hydrogen-bond acceptors (Lipinski definition) is 4. The number of aromatic nitrogens is 2. The van der Waals surface area contributed by atoms with Crippen molar-refractivity contribution in [3.8, 4) is 0 Å². The lowest BCUT2D eigenvalue weighted by Gasteiger charge is -2.36. The first-order chi connectivity index (χ1) is 11.4. The van der Waals surface area contributed by atoms with E-state index in [1.54, 1.807) is 0 Å². The minimum absolute atomic E-state index is 0.0312. The summed E-state index contributed by atoms with van der Waals surface area (Å²) < 4.78 is 5.84. The van der Waals surface area contributed by atoms with E-state index in [4.69, 9.17) is 10.5 Å². The Morgan fingerprint density at radius 3 is 2.71 bits per heavy atom. The summed E-state index contributed by atoms with van der Waals surface area (Å²) in [6.45, 7) is 10.3. The first-order valence-corrected chi connectivity index (χ1v) is 9.02. The molecule has 0 unspecified atom stereocenters. The highest BCUT2D eigenvalue weighted by Gasteiger charge is 2.39. The lowest BCUT2D eigenvalue weighted by molar-refractivity contribution is -0.124. The van der Waals surface area contributed by atoms with Gasteiger partial charge < -0.3 is 10.5 Å². The van der Waals surface area contributed by atoms with Crippen LogP contribution in [0.25, 0.3) is 0 Å². The Balaban J connectivity index is 1.56. The number of carbonyl (C=O) groups excluding carboxylic acids is 1. The summed E-state index contributed by atoms with van der Waals surface area (Å²) in [4.78, 5) is 14.1. The monoisotopic (exact) mass is 334 g/mol. The van der Waals surface area contributed by atoms with E-state index < -0.39 is 0 Å². The molecular formula is C18H30N4O2. The van der Waals surface area contributed by atoms with Crippen molar-refractivity contribution in [2.75, 3.05) is 19.7 Å². The van der Waals surface area contributed by atoms with Crippen LogP contribution < -0.4 is 5.73 Å². The first kappa shape index (κ1) is 17.4. The van der Waals surface area contributed by atoms with E-state index in [9.17, 15) is 4.79 Å². The molecule has 2 atom stereocenters. The van der Waals surface area contributed by atoms with E-state index in [1.807, 2.05) is 6.20 Å². The molecular weight excluding hydrogens is 304 g/mol. The smallest absolute Gasteiger partial charge is 0.223 e. The molecule has 1 amide bonds. The molecule has 2 aliphatic heterocycles. The molecule has 2 aliphatic rings. The van der Waals surface area contributed by atoms with Gasteiger partial charge in [0, 0.05) is 29.8 Å². The maximum Gasteiger partial charge on any atom is 0.223 e. The second kappa shape index (κ2) is 6.84. The van der Waals surface area contributed by atoms with Gasteiger partial charge in [-0.15, -0.1) is 0 Å². The summed E-state index contributed by atoms with van der Waals surface area (Å²) in [6.07, 6.45) is 4.90. The fourth-order valence-electron chi connectivity index (χ4n) is 4.14. The molecule has 3 rings (SSSR count). The number of hydrogen-bond donors (Lipinski definition) is 2. The summed E-state index contributed by atoms with van der Waals surface area (Å²) >= 11 is 0. The highest BCUT2D eigenvalue weighted by Crippen LogP contribution is 2.33. The minimum atomic E-state index is -0.201. The zero-order valence-electron chi connectivity index (χ0n) is 15.0. The van der Waals surface area contributed by atoms with Gasteiger partial charge in [0.2, 0.25) is 5.91 Å². The Morgan fingerprint density at radius 1 is 1.38 bits per heavy atom. The lowest BCUT2D eigenvalue weighted by atomic mass is 9.83. The summed E-state index contributed by atoms with van der Waals surface area (Å²) in [5.74, 6) is 0.156. The second-order valence-electron chi connectivity index (χ2n) is 8.27. The zero-order chi connectivity index (χ0) is 17.3. The average molecular weight is 334 g/mol. The number of H-pyrrole nitrogens is 1. The molecule has 3 heterocycles. The van der Waals surface area contributed by atoms with Gasteiger partial charge in [-0.05, 0) is 38.3 Å². The van der Waals surface area contributed by atoms with Crippen molar-refractivity contribution in [3.63, 3.8) is 0 Å². The Morgan fingerprint density at radius 2 is 2.08 bits per heavy atom. The molecule has 2 saturated heterocycles. The maximum absolute atomic E-state index is 11.6. The summed E-state index contributed by atoms with van der Waals surface area (Å²) in [5.41, 5.74) is 8.12. The van der Waals surface area contributed by atoms with Crippen molar-refractivity contribution in [2.24, 2.45) is 17.6 Å². The van der Waals surface area contributed by atoms with Gasteiger partial charge in [0.1, 0.15) is 0 Å². The Bertz CT molecular complexity index is 570. The molecule has 0 radical (unpaired) electrons. The number of ether oxygens (including phenoxy) is 1. The molecule has 1 aromatic rings. The molecule has 0 spiro atoms. The van der Waals surface area contributed by atoms with Crippen molar-refractivity contribution >= 4 is 5.91 Å². The largest absolute Gasteiger partial charge is 0.377 e. The van der Waals surface area contributed by atoms with Gasteiger partial charge in [-0.1, -0.05) is 20.8 Å². The van der Waals surface area contributed by atoms with E-state index in [1.165, 1.54) is 11.3 Å². The highest BCUT2D eigenvalue weighted by molar-refractivity contribution is 5.77. The molecule has 24 heavy (non-hydrogen) atoms. The third kappa shape index (κ3) is 3.64. The van der Waals surface area contributed by atoms with Crippen LogP contribution in [0, 0.1) is 11.8 Å². The van der Waals surface area contributed by atoms with Crippen LogP contribution in [-0.4, -0.2) is 46.8 Å². The van der Waals surface area contributed by atoms with Crippen LogP contribution in [0.1, 0.15) is 51.3 Å². The summed E-state index contributed by atoms with van der Waals surface area (Å²) in [6, 6.07) is 0. The van der Waals surface area contributed by atoms with Crippen LogP contribution in [0.3, 0.4) is 0 Å². The second-order valence-corrected chi connectivity index (χ2v) is 8.27. The van der Waals surface area contributed by atoms with Crippen molar-refractivity contribution in [1.82, 2.24) is 15.1 Å². The maximum atomic E-state index is 11.6. The number of primary amides is 1. The van der Waals surface area contributed by atoms with Crippen LogP contribution in [0.2, 0.25) is 0 Å². The van der Waals surface area contributed by atoms with Gasteiger partial charge >= 0.3 is 0 Å². The number of nitrogens with zero attached hydrogens (tertiary/aromatic N) is 2. The Hall–Kier alpha value is -1.40. The fraction of sp³-hybridized carbons (Fsp3) is 0.778. The molecule has 6 heteroatoms. The molecule has 0 aliphatic carbocycles. The topological polar surface area (TPSA) is 84.2 Å². The number of carbonyl (C=O) groups is 1. The van der Waals surface area contributed by atoms with Crippen LogP contribution >= 0.6 is 0 Å². The third-order valence-electron chi connectivity index (χ3n) is 5.46. The fourth-order valence-corrected chi connectivity index (χ4v) is 4.14. The zero-order valence-corrected chi connectivity index (χ0v) is 15.0. The average Bonchev–Trinajstić information content (AvgIpc) is 3.16. The van der Waals surface area contributed by atoms with Gasteiger partial charge in [-0.3, -0.25) is 14.8 Å². The van der Waals surface area contributed by atoms with Crippen molar-refractivity contribution < 1.29 is 9.53 Å². The van der Waals surface area contributed by atoms with Crippen LogP contribution in [-0.2, 0) is 21.5 Å². The molecule has 6 nitrogen and oxygen atoms in total. The number of rotatable bonds is 4. The molecule has 0 saturated carbocycles. The quantitative estimate of drug-likeness (QED) is 0.879. The van der Waals surface area contributed by atoms with Crippen molar-refractivity contribution in [1.29, 1.82) is 0 Å². The van der Waals surface area contributed by atoms with Gasteiger partial charge in [-0.25, -0.2) is 0 Å². The lowest BCUT2D eigenvalue weighted by Crippen LogP contribution is -2.42. The highest BCUT2D eigenvalue weighted by atomic mass is 16.5. The number of piperidine rings is 1. The van der Waals surface area contributed by atoms with E-state index >= 15 is 0 Å². The number of amides is 1. The first-order valence-electron chi connectivity index (χ1n) is 9.02. The van der Waals surface area contributed by atoms with E-state index in [2.05, 4.69) is 35.9 Å². The van der Waals surface area contributed by atoms with E-state index in [-0.39, 0.29) is 23.3 Å². The standard InChI is InChI=1S/C18H30N4O2/c1-18(2,3)16-13(10-20-21-16)11-22-7-4-12(5-8-22)15-14(17(19)23)6-9-24-15/h10,12,14-15H,4-9,11H2,1-3H3,(H2,19,23)(H,20,21)/t14-,15+/m0/s1. The predicted octanol–water partition coefficient (Wildman–Crippen LogP) is 1.81. The normalized spacial score (nSPS) is 26.8. The van der Waals surface area contributed by atoms with Gasteiger partial charge in [0.15, 0.2) is 0 Å². The molecule has 0 aromatic carbocycles. The molecule has 0 bridgehead atoms. The minimum Gasteiger partial charge on any atom is -0.377 e. The number of likely N-dealkylation sites (tertiary alicyclic amines) is 1. The van der Waals surface area contributed by atoms with Crippen LogP contribution in [0.5, 0.6) is 0 Å². The molecule has 2 fully saturated rings. The summed E-state index contributed by atoms with van der Waals surface area (Å²) in [5, 5.41) is 7.40. The summed E-state index contributed by atoms with van der Waals surface area (Å²) in [7, 11) is 0. The SMILES string of the molecule is CC(C)(C)c1[nH]ncc1CN1CCC([C@H]2OCC[C@@H]2C(N)=O)CC1. The number of nitrogens with one attached hydrogen (secondary N) is 1. The van der Waals surface area contributed by atoms with Crippen molar-refractivity contribution in [2.45, 2.75) is 58.1 Å². The van der Waals surface area contributed by atoms with E-state index in [0.29, 0.717) is 12.5 Å². The number of nitrogens with two attached hydrogens (primary N) is 1.